The van der Waals surface area contributed by atoms with Crippen molar-refractivity contribution in [1.29, 1.82) is 0 Å². The van der Waals surface area contributed by atoms with Crippen LogP contribution < -0.4 is 20.1 Å². The number of carbonyl (C=O) groups excluding carboxylic acids is 3. The molecule has 0 unspecified atom stereocenters. The van der Waals surface area contributed by atoms with E-state index in [1.54, 1.807) is 12.1 Å². The van der Waals surface area contributed by atoms with E-state index in [-0.39, 0.29) is 30.4 Å². The molecular weight excluding hydrogens is 410 g/mol. The van der Waals surface area contributed by atoms with E-state index in [4.69, 9.17) is 9.47 Å². The van der Waals surface area contributed by atoms with Gasteiger partial charge in [-0.15, -0.1) is 0 Å². The van der Waals surface area contributed by atoms with Crippen molar-refractivity contribution in [2.24, 2.45) is 5.92 Å². The molecule has 8 nitrogen and oxygen atoms in total. The van der Waals surface area contributed by atoms with Gasteiger partial charge in [-0.05, 0) is 44.9 Å². The molecule has 4 heterocycles. The molecule has 0 saturated carbocycles. The lowest BCUT2D eigenvalue weighted by Gasteiger charge is -2.36. The molecule has 2 amide bonds. The monoisotopic (exact) mass is 433 g/mol. The number of carbonyl (C=O) groups is 3. The third kappa shape index (κ3) is 2.50. The van der Waals surface area contributed by atoms with Crippen LogP contribution in [0.25, 0.3) is 0 Å². The molecule has 2 aromatic carbocycles. The third-order valence-electron chi connectivity index (χ3n) is 7.24. The number of ether oxygens (including phenoxy) is 2. The molecule has 2 saturated heterocycles. The highest BCUT2D eigenvalue weighted by Gasteiger charge is 2.65. The topological polar surface area (TPSA) is 97.0 Å². The minimum Gasteiger partial charge on any atom is -0.454 e. The molecule has 164 valence electrons. The molecule has 0 bridgehead atoms. The van der Waals surface area contributed by atoms with Crippen LogP contribution in [0, 0.1) is 5.92 Å². The number of nitrogens with zero attached hydrogens (tertiary/aromatic N) is 1. The highest BCUT2D eigenvalue weighted by Crippen LogP contribution is 2.55. The number of hydrogen-bond acceptors (Lipinski definition) is 6. The second-order valence-electron chi connectivity index (χ2n) is 8.84. The van der Waals surface area contributed by atoms with E-state index in [2.05, 4.69) is 15.5 Å². The van der Waals surface area contributed by atoms with Gasteiger partial charge in [0.25, 0.3) is 0 Å². The van der Waals surface area contributed by atoms with Crippen LogP contribution in [0.15, 0.2) is 36.4 Å². The van der Waals surface area contributed by atoms with Crippen molar-refractivity contribution in [3.63, 3.8) is 0 Å². The van der Waals surface area contributed by atoms with Gasteiger partial charge >= 0.3 is 0 Å². The fraction of sp³-hybridized carbons (Fsp3) is 0.375. The number of ketones is 1. The number of rotatable bonds is 3. The summed E-state index contributed by atoms with van der Waals surface area (Å²) in [5, 5.41) is 5.96. The highest BCUT2D eigenvalue weighted by atomic mass is 16.7. The van der Waals surface area contributed by atoms with Crippen LogP contribution in [0.5, 0.6) is 11.5 Å². The summed E-state index contributed by atoms with van der Waals surface area (Å²) >= 11 is 0. The molecule has 32 heavy (non-hydrogen) atoms. The first-order valence-corrected chi connectivity index (χ1v) is 10.9. The molecular formula is C24H23N3O5. The van der Waals surface area contributed by atoms with Crippen LogP contribution >= 0.6 is 0 Å². The summed E-state index contributed by atoms with van der Waals surface area (Å²) in [6, 6.07) is 11.0. The lowest BCUT2D eigenvalue weighted by molar-refractivity contribution is -0.135. The van der Waals surface area contributed by atoms with Gasteiger partial charge in [-0.25, -0.2) is 0 Å². The van der Waals surface area contributed by atoms with Gasteiger partial charge in [0.2, 0.25) is 18.6 Å². The molecule has 4 aliphatic heterocycles. The lowest BCUT2D eigenvalue weighted by Crippen LogP contribution is -2.53. The molecule has 0 radical (unpaired) electrons. The summed E-state index contributed by atoms with van der Waals surface area (Å²) in [5.74, 6) is -0.231. The molecule has 0 aromatic heterocycles. The Kier molecular flexibility index (Phi) is 4.10. The van der Waals surface area contributed by atoms with Gasteiger partial charge in [0.05, 0.1) is 11.6 Å². The van der Waals surface area contributed by atoms with E-state index in [0.29, 0.717) is 29.2 Å². The van der Waals surface area contributed by atoms with E-state index in [0.717, 1.165) is 30.6 Å². The van der Waals surface area contributed by atoms with E-state index >= 15 is 0 Å². The van der Waals surface area contributed by atoms with Gasteiger partial charge in [0, 0.05) is 28.9 Å². The van der Waals surface area contributed by atoms with Gasteiger partial charge < -0.3 is 20.1 Å². The van der Waals surface area contributed by atoms with Crippen LogP contribution in [0.1, 0.15) is 42.1 Å². The summed E-state index contributed by atoms with van der Waals surface area (Å²) in [4.78, 5) is 41.7. The average Bonchev–Trinajstić information content (AvgIpc) is 3.52. The average molecular weight is 433 g/mol. The molecule has 2 aromatic rings. The Morgan fingerprint density at radius 1 is 1.19 bits per heavy atom. The number of amides is 2. The molecule has 1 spiro atoms. The van der Waals surface area contributed by atoms with Crippen LogP contribution in [0.4, 0.5) is 11.4 Å². The van der Waals surface area contributed by atoms with Crippen molar-refractivity contribution in [1.82, 2.24) is 4.90 Å². The van der Waals surface area contributed by atoms with Gasteiger partial charge in [-0.3, -0.25) is 19.3 Å². The first-order valence-electron chi connectivity index (χ1n) is 10.9. The fourth-order valence-corrected chi connectivity index (χ4v) is 5.94. The van der Waals surface area contributed by atoms with Crippen molar-refractivity contribution in [2.75, 3.05) is 24.0 Å². The van der Waals surface area contributed by atoms with Crippen molar-refractivity contribution >= 4 is 29.0 Å². The zero-order valence-electron chi connectivity index (χ0n) is 17.6. The summed E-state index contributed by atoms with van der Waals surface area (Å²) in [6.45, 7) is 2.29. The number of benzene rings is 2. The molecule has 4 aliphatic rings. The smallest absolute Gasteiger partial charge is 0.250 e. The second-order valence-corrected chi connectivity index (χ2v) is 8.84. The fourth-order valence-electron chi connectivity index (χ4n) is 5.94. The summed E-state index contributed by atoms with van der Waals surface area (Å²) in [6.07, 6.45) is 2.56. The molecule has 8 heteroatoms. The van der Waals surface area contributed by atoms with Crippen molar-refractivity contribution in [3.8, 4) is 11.5 Å². The largest absolute Gasteiger partial charge is 0.454 e. The Labute approximate surface area is 184 Å². The quantitative estimate of drug-likeness (QED) is 0.723. The first kappa shape index (κ1) is 19.3. The molecule has 6 rings (SSSR count). The standard InChI is InChI=1S/C24H23N3O5/c1-13(28)15-10-20-21(32-12-31-20)11-19(15)25-22(29)17-9-14-5-4-8-27(14)24(17)16-6-2-3-7-18(16)26-23(24)30/h2-3,6-7,10-11,14,17H,4-5,8-9,12H2,1H3,(H,25,29)(H,26,30)/t14-,17+,24-/m1/s1. The van der Waals surface area contributed by atoms with E-state index in [1.807, 2.05) is 24.3 Å². The summed E-state index contributed by atoms with van der Waals surface area (Å²) in [5.41, 5.74) is 1.31. The van der Waals surface area contributed by atoms with E-state index in [9.17, 15) is 14.4 Å². The number of hydrogen-bond donors (Lipinski definition) is 2. The van der Waals surface area contributed by atoms with Gasteiger partial charge in [-0.1, -0.05) is 18.2 Å². The van der Waals surface area contributed by atoms with Crippen LogP contribution in [0.3, 0.4) is 0 Å². The van der Waals surface area contributed by atoms with Gasteiger partial charge in [0.15, 0.2) is 17.3 Å². The number of anilines is 2. The van der Waals surface area contributed by atoms with Crippen LogP contribution in [-0.2, 0) is 15.1 Å². The second kappa shape index (κ2) is 6.80. The molecule has 2 N–H and O–H groups in total. The number of para-hydroxylation sites is 1. The number of Topliss-reactive ketones (excluding diaryl/α,β-unsaturated/α-hetero) is 1. The van der Waals surface area contributed by atoms with Gasteiger partial charge in [0.1, 0.15) is 5.54 Å². The van der Waals surface area contributed by atoms with E-state index < -0.39 is 11.5 Å². The summed E-state index contributed by atoms with van der Waals surface area (Å²) < 4.78 is 10.8. The zero-order valence-corrected chi connectivity index (χ0v) is 17.6. The number of fused-ring (bicyclic) bond motifs is 5. The maximum absolute atomic E-state index is 13.7. The Balaban J connectivity index is 1.42. The normalized spacial score (nSPS) is 27.3. The predicted molar refractivity (Wildman–Crippen MR) is 116 cm³/mol. The molecule has 0 aliphatic carbocycles. The van der Waals surface area contributed by atoms with Crippen molar-refractivity contribution in [2.45, 2.75) is 37.8 Å². The Morgan fingerprint density at radius 3 is 2.78 bits per heavy atom. The highest BCUT2D eigenvalue weighted by molar-refractivity contribution is 6.12. The Hall–Kier alpha value is -3.39. The lowest BCUT2D eigenvalue weighted by atomic mass is 9.78. The van der Waals surface area contributed by atoms with Crippen LogP contribution in [0.2, 0.25) is 0 Å². The predicted octanol–water partition coefficient (Wildman–Crippen LogP) is 2.89. The maximum Gasteiger partial charge on any atom is 0.250 e. The number of nitrogens with one attached hydrogen (secondary N) is 2. The maximum atomic E-state index is 13.7. The minimum absolute atomic E-state index is 0.0728. The Bertz CT molecular complexity index is 1180. The van der Waals surface area contributed by atoms with Crippen molar-refractivity contribution in [3.05, 3.63) is 47.5 Å². The summed E-state index contributed by atoms with van der Waals surface area (Å²) in [7, 11) is 0. The third-order valence-corrected chi connectivity index (χ3v) is 7.24. The van der Waals surface area contributed by atoms with Crippen molar-refractivity contribution < 1.29 is 23.9 Å². The molecule has 2 fully saturated rings. The zero-order chi connectivity index (χ0) is 22.0. The van der Waals surface area contributed by atoms with E-state index in [1.165, 1.54) is 6.92 Å². The SMILES string of the molecule is CC(=O)c1cc2c(cc1NC(=O)[C@@H]1C[C@H]3CCCN3[C@@]13C(=O)Nc1ccccc13)OCO2. The first-order chi connectivity index (χ1) is 15.5. The minimum atomic E-state index is -1.03. The molecule has 3 atom stereocenters. The van der Waals surface area contributed by atoms with Gasteiger partial charge in [-0.2, -0.15) is 0 Å². The Morgan fingerprint density at radius 2 is 1.97 bits per heavy atom. The van der Waals surface area contributed by atoms with Crippen LogP contribution in [-0.4, -0.2) is 41.9 Å².